The fourth-order valence-electron chi connectivity index (χ4n) is 1.35. The summed E-state index contributed by atoms with van der Waals surface area (Å²) in [6.45, 7) is 2.19. The molecule has 0 bridgehead atoms. The van der Waals surface area contributed by atoms with Crippen LogP contribution in [0, 0.1) is 0 Å². The molecule has 15 heavy (non-hydrogen) atoms. The Morgan fingerprint density at radius 3 is 2.20 bits per heavy atom. The van der Waals surface area contributed by atoms with Crippen molar-refractivity contribution in [3.63, 3.8) is 0 Å². The normalized spacial score (nSPS) is 12.4. The first-order valence-corrected chi connectivity index (χ1v) is 7.27. The van der Waals surface area contributed by atoms with Crippen LogP contribution in [0.1, 0.15) is 51.9 Å². The number of allylic oxidation sites excluding steroid dienone is 1. The zero-order valence-electron chi connectivity index (χ0n) is 9.48. The van der Waals surface area contributed by atoms with Gasteiger partial charge in [-0.2, -0.15) is 8.42 Å². The summed E-state index contributed by atoms with van der Waals surface area (Å²) in [7, 11) is -3.82. The second-order valence-corrected chi connectivity index (χ2v) is 5.27. The largest absolute Gasteiger partial charge is 0.285 e. The average Bonchev–Trinajstić information content (AvgIpc) is 2.14. The van der Waals surface area contributed by atoms with Crippen molar-refractivity contribution < 1.29 is 13.0 Å². The van der Waals surface area contributed by atoms with Gasteiger partial charge < -0.3 is 0 Å². The molecule has 0 unspecified atom stereocenters. The molecule has 0 amide bonds. The third-order valence-corrected chi connectivity index (χ3v) is 2.81. The van der Waals surface area contributed by atoms with Crippen LogP contribution in [0.4, 0.5) is 0 Å². The highest BCUT2D eigenvalue weighted by molar-refractivity contribution is 7.85. The zero-order chi connectivity index (χ0) is 11.6. The maximum absolute atomic E-state index is 10.3. The Kier molecular flexibility index (Phi) is 8.71. The SMILES string of the molecule is CCCCCCCC/C=C/CS(=O)(=O)O. The third-order valence-electron chi connectivity index (χ3n) is 2.20. The minimum atomic E-state index is -3.82. The average molecular weight is 234 g/mol. The molecule has 0 radical (unpaired) electrons. The lowest BCUT2D eigenvalue weighted by molar-refractivity contribution is 0.486. The summed E-state index contributed by atoms with van der Waals surface area (Å²) < 4.78 is 29.1. The van der Waals surface area contributed by atoms with Crippen LogP contribution in [0.5, 0.6) is 0 Å². The second kappa shape index (κ2) is 8.92. The molecule has 0 aliphatic heterocycles. The van der Waals surface area contributed by atoms with Gasteiger partial charge in [-0.25, -0.2) is 0 Å². The first kappa shape index (κ1) is 14.6. The molecular weight excluding hydrogens is 212 g/mol. The van der Waals surface area contributed by atoms with Crippen molar-refractivity contribution in [2.45, 2.75) is 51.9 Å². The van der Waals surface area contributed by atoms with Crippen molar-refractivity contribution in [3.8, 4) is 0 Å². The van der Waals surface area contributed by atoms with Gasteiger partial charge >= 0.3 is 0 Å². The lowest BCUT2D eigenvalue weighted by Crippen LogP contribution is -1.99. The van der Waals surface area contributed by atoms with E-state index in [0.717, 1.165) is 12.8 Å². The molecule has 0 aliphatic carbocycles. The predicted molar refractivity (Wildman–Crippen MR) is 63.5 cm³/mol. The van der Waals surface area contributed by atoms with Gasteiger partial charge in [0.05, 0.1) is 5.75 Å². The van der Waals surface area contributed by atoms with Gasteiger partial charge in [-0.1, -0.05) is 51.2 Å². The van der Waals surface area contributed by atoms with E-state index in [0.29, 0.717) is 0 Å². The predicted octanol–water partition coefficient (Wildman–Crippen LogP) is 3.18. The van der Waals surface area contributed by atoms with Crippen molar-refractivity contribution in [1.82, 2.24) is 0 Å². The Morgan fingerprint density at radius 2 is 1.60 bits per heavy atom. The van der Waals surface area contributed by atoms with Crippen LogP contribution in [0.3, 0.4) is 0 Å². The zero-order valence-corrected chi connectivity index (χ0v) is 10.3. The number of rotatable bonds is 9. The highest BCUT2D eigenvalue weighted by Gasteiger charge is 1.97. The fourth-order valence-corrected chi connectivity index (χ4v) is 1.73. The van der Waals surface area contributed by atoms with E-state index in [1.807, 2.05) is 6.08 Å². The third kappa shape index (κ3) is 13.7. The van der Waals surface area contributed by atoms with Gasteiger partial charge in [0, 0.05) is 0 Å². The molecule has 0 aromatic carbocycles. The quantitative estimate of drug-likeness (QED) is 0.379. The molecule has 0 heterocycles. The van der Waals surface area contributed by atoms with Crippen LogP contribution in [0.2, 0.25) is 0 Å². The summed E-state index contributed by atoms with van der Waals surface area (Å²) in [5.74, 6) is -0.261. The van der Waals surface area contributed by atoms with Gasteiger partial charge in [0.15, 0.2) is 0 Å². The van der Waals surface area contributed by atoms with E-state index in [4.69, 9.17) is 4.55 Å². The van der Waals surface area contributed by atoms with E-state index >= 15 is 0 Å². The first-order valence-electron chi connectivity index (χ1n) is 5.66. The van der Waals surface area contributed by atoms with Gasteiger partial charge in [-0.3, -0.25) is 4.55 Å². The van der Waals surface area contributed by atoms with Gasteiger partial charge in [-0.05, 0) is 12.8 Å². The van der Waals surface area contributed by atoms with E-state index in [-0.39, 0.29) is 5.75 Å². The molecule has 0 aliphatic rings. The summed E-state index contributed by atoms with van der Waals surface area (Å²) in [6.07, 6.45) is 11.7. The molecule has 1 N–H and O–H groups in total. The van der Waals surface area contributed by atoms with E-state index in [1.165, 1.54) is 38.2 Å². The molecule has 0 saturated heterocycles. The Labute approximate surface area is 93.3 Å². The lowest BCUT2D eigenvalue weighted by Gasteiger charge is -1.97. The number of hydrogen-bond donors (Lipinski definition) is 1. The Hall–Kier alpha value is -0.350. The molecule has 3 nitrogen and oxygen atoms in total. The van der Waals surface area contributed by atoms with Gasteiger partial charge in [0.1, 0.15) is 0 Å². The standard InChI is InChI=1S/C11H22O3S/c1-2-3-4-5-6-7-8-9-10-11-15(12,13)14/h9-10H,2-8,11H2,1H3,(H,12,13,14)/b10-9+. The van der Waals surface area contributed by atoms with Crippen molar-refractivity contribution in [2.75, 3.05) is 5.75 Å². The minimum Gasteiger partial charge on any atom is -0.285 e. The van der Waals surface area contributed by atoms with Gasteiger partial charge in [0.2, 0.25) is 0 Å². The highest BCUT2D eigenvalue weighted by atomic mass is 32.2. The number of hydrogen-bond acceptors (Lipinski definition) is 2. The molecule has 4 heteroatoms. The maximum atomic E-state index is 10.3. The Morgan fingerprint density at radius 1 is 1.00 bits per heavy atom. The molecule has 0 atom stereocenters. The minimum absolute atomic E-state index is 0.261. The molecule has 90 valence electrons. The van der Waals surface area contributed by atoms with E-state index < -0.39 is 10.1 Å². The van der Waals surface area contributed by atoms with Crippen LogP contribution in [0.25, 0.3) is 0 Å². The van der Waals surface area contributed by atoms with Crippen molar-refractivity contribution >= 4 is 10.1 Å². The van der Waals surface area contributed by atoms with Crippen molar-refractivity contribution in [2.24, 2.45) is 0 Å². The smallest absolute Gasteiger partial charge is 0.268 e. The summed E-state index contributed by atoms with van der Waals surface area (Å²) >= 11 is 0. The van der Waals surface area contributed by atoms with E-state index in [2.05, 4.69) is 6.92 Å². The molecule has 0 aromatic heterocycles. The molecule has 0 spiro atoms. The summed E-state index contributed by atoms with van der Waals surface area (Å²) in [4.78, 5) is 0. The van der Waals surface area contributed by atoms with Crippen molar-refractivity contribution in [3.05, 3.63) is 12.2 Å². The maximum Gasteiger partial charge on any atom is 0.268 e. The van der Waals surface area contributed by atoms with E-state index in [9.17, 15) is 8.42 Å². The lowest BCUT2D eigenvalue weighted by atomic mass is 10.1. The molecular formula is C11H22O3S. The van der Waals surface area contributed by atoms with Crippen LogP contribution in [0.15, 0.2) is 12.2 Å². The Bertz CT molecular complexity index is 255. The monoisotopic (exact) mass is 234 g/mol. The summed E-state index contributed by atoms with van der Waals surface area (Å²) in [5.41, 5.74) is 0. The summed E-state index contributed by atoms with van der Waals surface area (Å²) in [6, 6.07) is 0. The van der Waals surface area contributed by atoms with Gasteiger partial charge in [0.25, 0.3) is 10.1 Å². The molecule has 0 aromatic rings. The van der Waals surface area contributed by atoms with E-state index in [1.54, 1.807) is 0 Å². The van der Waals surface area contributed by atoms with Crippen LogP contribution >= 0.6 is 0 Å². The second-order valence-electron chi connectivity index (χ2n) is 3.78. The highest BCUT2D eigenvalue weighted by Crippen LogP contribution is 2.07. The van der Waals surface area contributed by atoms with Crippen LogP contribution < -0.4 is 0 Å². The fraction of sp³-hybridized carbons (Fsp3) is 0.818. The summed E-state index contributed by atoms with van der Waals surface area (Å²) in [5, 5.41) is 0. The molecule has 0 saturated carbocycles. The van der Waals surface area contributed by atoms with Crippen molar-refractivity contribution in [1.29, 1.82) is 0 Å². The number of unbranched alkanes of at least 4 members (excludes halogenated alkanes) is 6. The molecule has 0 fully saturated rings. The Balaban J connectivity index is 3.24. The molecule has 0 rings (SSSR count). The van der Waals surface area contributed by atoms with Gasteiger partial charge in [-0.15, -0.1) is 0 Å². The van der Waals surface area contributed by atoms with Crippen LogP contribution in [-0.2, 0) is 10.1 Å². The van der Waals surface area contributed by atoms with Crippen LogP contribution in [-0.4, -0.2) is 18.7 Å². The topological polar surface area (TPSA) is 54.4 Å². The first-order chi connectivity index (χ1) is 7.06.